The third kappa shape index (κ3) is 5.15. The smallest absolute Gasteiger partial charge is 0.0540 e. The topological polar surface area (TPSA) is 3.24 Å². The fourth-order valence-corrected chi connectivity index (χ4v) is 10.3. The van der Waals surface area contributed by atoms with Gasteiger partial charge in [-0.1, -0.05) is 167 Å². The van der Waals surface area contributed by atoms with E-state index in [-0.39, 0.29) is 10.8 Å². The highest BCUT2D eigenvalue weighted by Gasteiger charge is 2.38. The molecule has 8 aromatic carbocycles. The molecule has 3 aliphatic carbocycles. The van der Waals surface area contributed by atoms with E-state index in [4.69, 9.17) is 0 Å². The maximum absolute atomic E-state index is 2.54. The molecular formula is C56H45N. The molecule has 274 valence electrons. The number of hydrogen-bond donors (Lipinski definition) is 0. The first-order chi connectivity index (χ1) is 27.8. The summed E-state index contributed by atoms with van der Waals surface area (Å²) < 4.78 is 0. The van der Waals surface area contributed by atoms with E-state index in [0.717, 1.165) is 12.8 Å². The minimum Gasteiger partial charge on any atom is -0.310 e. The summed E-state index contributed by atoms with van der Waals surface area (Å²) >= 11 is 0. The molecule has 0 N–H and O–H groups in total. The average Bonchev–Trinajstić information content (AvgIpc) is 3.62. The molecule has 0 heterocycles. The maximum Gasteiger partial charge on any atom is 0.0540 e. The minimum absolute atomic E-state index is 0.123. The molecule has 0 fully saturated rings. The van der Waals surface area contributed by atoms with Crippen LogP contribution in [0.15, 0.2) is 170 Å². The summed E-state index contributed by atoms with van der Waals surface area (Å²) in [5.41, 5.74) is 21.8. The zero-order valence-corrected chi connectivity index (χ0v) is 33.1. The standard InChI is InChI=1S/C56H45N/c1-55(2)50-22-11-9-19-45(50)47-29-27-41(34-52(47)55)57(42-28-30-48-46-20-10-12-23-51(46)56(3,4)53(48)35-42)54-31-26-40(44-21-13-17-37-15-7-8-18-43(37)44)33-49(54)39-25-24-36-14-5-6-16-38(36)32-39/h5,7-15,17-35H,6,16H2,1-4H3. The number of nitrogens with zero attached hydrogens (tertiary/aromatic N) is 1. The molecule has 57 heavy (non-hydrogen) atoms. The van der Waals surface area contributed by atoms with Crippen LogP contribution < -0.4 is 4.90 Å². The molecule has 11 rings (SSSR count). The molecule has 0 radical (unpaired) electrons. The summed E-state index contributed by atoms with van der Waals surface area (Å²) in [7, 11) is 0. The number of rotatable bonds is 5. The third-order valence-corrected chi connectivity index (χ3v) is 13.3. The van der Waals surface area contributed by atoms with Gasteiger partial charge in [0.1, 0.15) is 0 Å². The van der Waals surface area contributed by atoms with E-state index in [2.05, 4.69) is 209 Å². The molecule has 3 aliphatic rings. The van der Waals surface area contributed by atoms with Crippen LogP contribution in [-0.2, 0) is 17.3 Å². The Morgan fingerprint density at radius 3 is 1.70 bits per heavy atom. The number of allylic oxidation sites excluding steroid dienone is 1. The van der Waals surface area contributed by atoms with Crippen molar-refractivity contribution in [3.63, 3.8) is 0 Å². The molecule has 0 aliphatic heterocycles. The van der Waals surface area contributed by atoms with E-state index >= 15 is 0 Å². The van der Waals surface area contributed by atoms with Gasteiger partial charge in [-0.05, 0) is 132 Å². The van der Waals surface area contributed by atoms with Crippen molar-refractivity contribution in [2.24, 2.45) is 0 Å². The van der Waals surface area contributed by atoms with E-state index in [9.17, 15) is 0 Å². The fourth-order valence-electron chi connectivity index (χ4n) is 10.3. The zero-order valence-electron chi connectivity index (χ0n) is 33.1. The molecule has 0 amide bonds. The Morgan fingerprint density at radius 2 is 1.00 bits per heavy atom. The second-order valence-electron chi connectivity index (χ2n) is 17.2. The van der Waals surface area contributed by atoms with Gasteiger partial charge >= 0.3 is 0 Å². The van der Waals surface area contributed by atoms with Crippen molar-refractivity contribution < 1.29 is 0 Å². The Balaban J connectivity index is 1.17. The molecule has 0 saturated carbocycles. The first-order valence-electron chi connectivity index (χ1n) is 20.5. The SMILES string of the molecule is CC1(C)c2ccccc2-c2ccc(N(c3ccc4c(c3)C(C)(C)c3ccccc3-4)c3ccc(-c4cccc5ccccc45)cc3-c3ccc4c(c3)CCC=C4)cc21. The Labute approximate surface area is 336 Å². The van der Waals surface area contributed by atoms with Crippen molar-refractivity contribution >= 4 is 33.9 Å². The van der Waals surface area contributed by atoms with Crippen LogP contribution in [0.3, 0.4) is 0 Å². The number of aryl methyl sites for hydroxylation is 1. The van der Waals surface area contributed by atoms with Gasteiger partial charge in [0, 0.05) is 27.8 Å². The number of anilines is 3. The van der Waals surface area contributed by atoms with Crippen molar-refractivity contribution in [1.29, 1.82) is 0 Å². The number of fused-ring (bicyclic) bond motifs is 8. The second-order valence-corrected chi connectivity index (χ2v) is 17.2. The second kappa shape index (κ2) is 12.5. The fraction of sp³-hybridized carbons (Fsp3) is 0.143. The monoisotopic (exact) mass is 731 g/mol. The Kier molecular flexibility index (Phi) is 7.45. The van der Waals surface area contributed by atoms with Gasteiger partial charge in [-0.2, -0.15) is 0 Å². The summed E-state index contributed by atoms with van der Waals surface area (Å²) in [5.74, 6) is 0. The van der Waals surface area contributed by atoms with E-state index in [1.54, 1.807) is 0 Å². The third-order valence-electron chi connectivity index (χ3n) is 13.3. The lowest BCUT2D eigenvalue weighted by atomic mass is 9.82. The Morgan fingerprint density at radius 1 is 0.439 bits per heavy atom. The maximum atomic E-state index is 2.54. The van der Waals surface area contributed by atoms with Crippen molar-refractivity contribution in [1.82, 2.24) is 0 Å². The van der Waals surface area contributed by atoms with E-state index in [0.29, 0.717) is 0 Å². The lowest BCUT2D eigenvalue weighted by Crippen LogP contribution is -2.18. The molecule has 1 nitrogen and oxygen atoms in total. The van der Waals surface area contributed by atoms with E-state index in [1.165, 1.54) is 106 Å². The first-order valence-corrected chi connectivity index (χ1v) is 20.5. The predicted molar refractivity (Wildman–Crippen MR) is 242 cm³/mol. The van der Waals surface area contributed by atoms with Gasteiger partial charge in [0.15, 0.2) is 0 Å². The summed E-state index contributed by atoms with van der Waals surface area (Å²) in [5, 5.41) is 2.53. The lowest BCUT2D eigenvalue weighted by Gasteiger charge is -2.31. The molecule has 0 aromatic heterocycles. The van der Waals surface area contributed by atoms with Crippen LogP contribution in [0.5, 0.6) is 0 Å². The van der Waals surface area contributed by atoms with Crippen LogP contribution in [0.4, 0.5) is 17.1 Å². The van der Waals surface area contributed by atoms with Crippen LogP contribution in [0, 0.1) is 0 Å². The van der Waals surface area contributed by atoms with Crippen molar-refractivity contribution in [2.45, 2.75) is 51.4 Å². The average molecular weight is 732 g/mol. The first kappa shape index (κ1) is 33.9. The van der Waals surface area contributed by atoms with Crippen molar-refractivity contribution in [2.75, 3.05) is 4.90 Å². The van der Waals surface area contributed by atoms with Crippen molar-refractivity contribution in [3.8, 4) is 44.5 Å². The quantitative estimate of drug-likeness (QED) is 0.170. The van der Waals surface area contributed by atoms with Gasteiger partial charge in [-0.3, -0.25) is 0 Å². The molecule has 1 heteroatoms. The van der Waals surface area contributed by atoms with Gasteiger partial charge in [0.2, 0.25) is 0 Å². The number of benzene rings is 8. The van der Waals surface area contributed by atoms with Crippen LogP contribution in [-0.4, -0.2) is 0 Å². The number of hydrogen-bond acceptors (Lipinski definition) is 1. The van der Waals surface area contributed by atoms with Gasteiger partial charge in [-0.15, -0.1) is 0 Å². The predicted octanol–water partition coefficient (Wildman–Crippen LogP) is 15.2. The van der Waals surface area contributed by atoms with Crippen LogP contribution >= 0.6 is 0 Å². The van der Waals surface area contributed by atoms with E-state index in [1.807, 2.05) is 0 Å². The molecule has 8 aromatic rings. The highest BCUT2D eigenvalue weighted by atomic mass is 15.1. The summed E-state index contributed by atoms with van der Waals surface area (Å²) in [4.78, 5) is 2.54. The summed E-state index contributed by atoms with van der Waals surface area (Å²) in [6.07, 6.45) is 6.73. The lowest BCUT2D eigenvalue weighted by molar-refractivity contribution is 0.660. The molecule has 0 atom stereocenters. The summed E-state index contributed by atoms with van der Waals surface area (Å²) in [6, 6.07) is 62.0. The minimum atomic E-state index is -0.123. The highest BCUT2D eigenvalue weighted by molar-refractivity contribution is 6.00. The van der Waals surface area contributed by atoms with E-state index < -0.39 is 0 Å². The molecule has 0 saturated heterocycles. The van der Waals surface area contributed by atoms with Crippen molar-refractivity contribution in [3.05, 3.63) is 203 Å². The highest BCUT2D eigenvalue weighted by Crippen LogP contribution is 2.54. The molecule has 0 spiro atoms. The molecule has 0 bridgehead atoms. The normalized spacial score (nSPS) is 15.1. The molecular weight excluding hydrogens is 687 g/mol. The zero-order chi connectivity index (χ0) is 38.5. The molecule has 0 unspecified atom stereocenters. The summed E-state index contributed by atoms with van der Waals surface area (Å²) in [6.45, 7) is 9.53. The Bertz CT molecular complexity index is 2860. The largest absolute Gasteiger partial charge is 0.310 e. The Hall–Kier alpha value is -6.44. The van der Waals surface area contributed by atoms with Gasteiger partial charge < -0.3 is 4.90 Å². The van der Waals surface area contributed by atoms with Crippen LogP contribution in [0.1, 0.15) is 67.5 Å². The van der Waals surface area contributed by atoms with Gasteiger partial charge in [0.25, 0.3) is 0 Å². The van der Waals surface area contributed by atoms with Crippen LogP contribution in [0.2, 0.25) is 0 Å². The van der Waals surface area contributed by atoms with Gasteiger partial charge in [-0.25, -0.2) is 0 Å². The van der Waals surface area contributed by atoms with Crippen LogP contribution in [0.25, 0.3) is 61.4 Å². The van der Waals surface area contributed by atoms with Gasteiger partial charge in [0.05, 0.1) is 5.69 Å².